The molecule has 1 aromatic rings. The van der Waals surface area contributed by atoms with Crippen LogP contribution in [0.3, 0.4) is 0 Å². The van der Waals surface area contributed by atoms with Crippen LogP contribution in [0.25, 0.3) is 0 Å². The van der Waals surface area contributed by atoms with E-state index in [9.17, 15) is 0 Å². The maximum absolute atomic E-state index is 5.06. The SMILES string of the molecule is COCC(C)CNCc1nnc(C)n1C. The van der Waals surface area contributed by atoms with Crippen molar-refractivity contribution in [3.05, 3.63) is 11.6 Å². The van der Waals surface area contributed by atoms with Gasteiger partial charge in [-0.25, -0.2) is 0 Å². The minimum atomic E-state index is 0.518. The number of hydrogen-bond acceptors (Lipinski definition) is 4. The molecule has 0 spiro atoms. The van der Waals surface area contributed by atoms with Crippen molar-refractivity contribution in [2.24, 2.45) is 13.0 Å². The topological polar surface area (TPSA) is 52.0 Å². The third-order valence-corrected chi connectivity index (χ3v) is 2.41. The molecule has 0 radical (unpaired) electrons. The molecule has 0 aliphatic carbocycles. The van der Waals surface area contributed by atoms with Crippen LogP contribution < -0.4 is 5.32 Å². The number of nitrogens with zero attached hydrogens (tertiary/aromatic N) is 3. The Morgan fingerprint density at radius 2 is 2.20 bits per heavy atom. The lowest BCUT2D eigenvalue weighted by atomic mass is 10.2. The van der Waals surface area contributed by atoms with Gasteiger partial charge in [0.2, 0.25) is 0 Å². The molecular weight excluding hydrogens is 192 g/mol. The quantitative estimate of drug-likeness (QED) is 0.746. The van der Waals surface area contributed by atoms with E-state index in [1.54, 1.807) is 7.11 Å². The van der Waals surface area contributed by atoms with Gasteiger partial charge in [-0.1, -0.05) is 6.92 Å². The highest BCUT2D eigenvalue weighted by atomic mass is 16.5. The fraction of sp³-hybridized carbons (Fsp3) is 0.800. The van der Waals surface area contributed by atoms with E-state index in [1.165, 1.54) is 0 Å². The molecule has 1 atom stereocenters. The van der Waals surface area contributed by atoms with Gasteiger partial charge in [-0.2, -0.15) is 0 Å². The van der Waals surface area contributed by atoms with Gasteiger partial charge in [0.1, 0.15) is 11.6 Å². The van der Waals surface area contributed by atoms with Gasteiger partial charge in [0, 0.05) is 27.3 Å². The molecule has 0 saturated heterocycles. The van der Waals surface area contributed by atoms with Crippen LogP contribution in [-0.4, -0.2) is 35.0 Å². The average Bonchev–Trinajstić information content (AvgIpc) is 2.50. The molecule has 0 aliphatic rings. The van der Waals surface area contributed by atoms with Gasteiger partial charge in [0.25, 0.3) is 0 Å². The van der Waals surface area contributed by atoms with E-state index < -0.39 is 0 Å². The van der Waals surface area contributed by atoms with Crippen molar-refractivity contribution in [2.45, 2.75) is 20.4 Å². The van der Waals surface area contributed by atoms with Crippen molar-refractivity contribution in [2.75, 3.05) is 20.3 Å². The minimum absolute atomic E-state index is 0.518. The van der Waals surface area contributed by atoms with Gasteiger partial charge in [-0.3, -0.25) is 0 Å². The molecule has 86 valence electrons. The Labute approximate surface area is 90.8 Å². The van der Waals surface area contributed by atoms with Crippen LogP contribution in [0.2, 0.25) is 0 Å². The molecule has 15 heavy (non-hydrogen) atoms. The molecule has 0 saturated carbocycles. The smallest absolute Gasteiger partial charge is 0.146 e. The van der Waals surface area contributed by atoms with Crippen LogP contribution >= 0.6 is 0 Å². The zero-order chi connectivity index (χ0) is 11.3. The maximum Gasteiger partial charge on any atom is 0.146 e. The second kappa shape index (κ2) is 5.82. The summed E-state index contributed by atoms with van der Waals surface area (Å²) in [6.45, 7) is 6.57. The Bertz CT molecular complexity index is 298. The lowest BCUT2D eigenvalue weighted by Gasteiger charge is -2.10. The normalized spacial score (nSPS) is 13.1. The van der Waals surface area contributed by atoms with E-state index in [1.807, 2.05) is 18.5 Å². The second-order valence-corrected chi connectivity index (χ2v) is 3.91. The van der Waals surface area contributed by atoms with E-state index in [0.717, 1.165) is 31.3 Å². The van der Waals surface area contributed by atoms with Crippen LogP contribution in [0, 0.1) is 12.8 Å². The molecule has 0 fully saturated rings. The van der Waals surface area contributed by atoms with Gasteiger partial charge in [-0.05, 0) is 12.8 Å². The number of methoxy groups -OCH3 is 1. The van der Waals surface area contributed by atoms with Gasteiger partial charge in [0.05, 0.1) is 6.54 Å². The molecule has 1 unspecified atom stereocenters. The second-order valence-electron chi connectivity index (χ2n) is 3.91. The van der Waals surface area contributed by atoms with E-state index in [4.69, 9.17) is 4.74 Å². The molecule has 5 heteroatoms. The van der Waals surface area contributed by atoms with Crippen LogP contribution in [0.15, 0.2) is 0 Å². The van der Waals surface area contributed by atoms with Gasteiger partial charge in [0.15, 0.2) is 0 Å². The summed E-state index contributed by atoms with van der Waals surface area (Å²) < 4.78 is 7.06. The van der Waals surface area contributed by atoms with E-state index in [0.29, 0.717) is 5.92 Å². The Morgan fingerprint density at radius 3 is 2.73 bits per heavy atom. The highest BCUT2D eigenvalue weighted by Gasteiger charge is 2.05. The van der Waals surface area contributed by atoms with Crippen molar-refractivity contribution in [1.29, 1.82) is 0 Å². The molecule has 0 bridgehead atoms. The van der Waals surface area contributed by atoms with Crippen LogP contribution in [-0.2, 0) is 18.3 Å². The molecule has 1 N–H and O–H groups in total. The van der Waals surface area contributed by atoms with Crippen molar-refractivity contribution in [3.63, 3.8) is 0 Å². The average molecular weight is 212 g/mol. The number of rotatable bonds is 6. The lowest BCUT2D eigenvalue weighted by Crippen LogP contribution is -2.24. The zero-order valence-electron chi connectivity index (χ0n) is 9.95. The number of nitrogens with one attached hydrogen (secondary N) is 1. The Kier molecular flexibility index (Phi) is 4.71. The Hall–Kier alpha value is -0.940. The highest BCUT2D eigenvalue weighted by Crippen LogP contribution is 1.98. The predicted octanol–water partition coefficient (Wildman–Crippen LogP) is 0.496. The van der Waals surface area contributed by atoms with E-state index in [-0.39, 0.29) is 0 Å². The zero-order valence-corrected chi connectivity index (χ0v) is 9.95. The van der Waals surface area contributed by atoms with Gasteiger partial charge < -0.3 is 14.6 Å². The highest BCUT2D eigenvalue weighted by molar-refractivity contribution is 4.91. The first-order valence-corrected chi connectivity index (χ1v) is 5.19. The van der Waals surface area contributed by atoms with E-state index >= 15 is 0 Å². The van der Waals surface area contributed by atoms with Crippen molar-refractivity contribution >= 4 is 0 Å². The number of ether oxygens (including phenoxy) is 1. The first-order valence-electron chi connectivity index (χ1n) is 5.19. The first-order chi connectivity index (χ1) is 7.15. The van der Waals surface area contributed by atoms with Gasteiger partial charge in [-0.15, -0.1) is 10.2 Å². The largest absolute Gasteiger partial charge is 0.384 e. The molecule has 0 amide bonds. The van der Waals surface area contributed by atoms with E-state index in [2.05, 4.69) is 22.4 Å². The predicted molar refractivity (Wildman–Crippen MR) is 58.5 cm³/mol. The maximum atomic E-state index is 5.06. The van der Waals surface area contributed by atoms with Crippen molar-refractivity contribution in [3.8, 4) is 0 Å². The summed E-state index contributed by atoms with van der Waals surface area (Å²) in [5.41, 5.74) is 0. The number of aromatic nitrogens is 3. The molecule has 1 aromatic heterocycles. The Morgan fingerprint density at radius 1 is 1.47 bits per heavy atom. The van der Waals surface area contributed by atoms with Crippen molar-refractivity contribution in [1.82, 2.24) is 20.1 Å². The fourth-order valence-electron chi connectivity index (χ4n) is 1.38. The number of hydrogen-bond donors (Lipinski definition) is 1. The molecule has 1 heterocycles. The summed E-state index contributed by atoms with van der Waals surface area (Å²) in [5.74, 6) is 2.43. The monoisotopic (exact) mass is 212 g/mol. The summed E-state index contributed by atoms with van der Waals surface area (Å²) in [6, 6.07) is 0. The number of aryl methyl sites for hydroxylation is 1. The van der Waals surface area contributed by atoms with Crippen LogP contribution in [0.4, 0.5) is 0 Å². The lowest BCUT2D eigenvalue weighted by molar-refractivity contribution is 0.158. The summed E-state index contributed by atoms with van der Waals surface area (Å²) >= 11 is 0. The van der Waals surface area contributed by atoms with Crippen LogP contribution in [0.5, 0.6) is 0 Å². The summed E-state index contributed by atoms with van der Waals surface area (Å²) in [4.78, 5) is 0. The third-order valence-electron chi connectivity index (χ3n) is 2.41. The van der Waals surface area contributed by atoms with Gasteiger partial charge >= 0.3 is 0 Å². The summed E-state index contributed by atoms with van der Waals surface area (Å²) in [7, 11) is 3.70. The molecule has 1 rings (SSSR count). The van der Waals surface area contributed by atoms with Crippen LogP contribution in [0.1, 0.15) is 18.6 Å². The third kappa shape index (κ3) is 3.60. The summed E-state index contributed by atoms with van der Waals surface area (Å²) in [5, 5.41) is 11.4. The molecular formula is C10H20N4O. The van der Waals surface area contributed by atoms with Crippen molar-refractivity contribution < 1.29 is 4.74 Å². The minimum Gasteiger partial charge on any atom is -0.384 e. The molecule has 5 nitrogen and oxygen atoms in total. The molecule has 0 aliphatic heterocycles. The summed E-state index contributed by atoms with van der Waals surface area (Å²) in [6.07, 6.45) is 0. The first kappa shape index (κ1) is 12.1. The molecule has 0 aromatic carbocycles. The Balaban J connectivity index is 2.29. The fourth-order valence-corrected chi connectivity index (χ4v) is 1.38. The standard InChI is InChI=1S/C10H20N4O/c1-8(7-15-4)5-11-6-10-13-12-9(2)14(10)3/h8,11H,5-7H2,1-4H3.